The van der Waals surface area contributed by atoms with E-state index in [0.717, 1.165) is 16.9 Å². The third-order valence-electron chi connectivity index (χ3n) is 2.90. The van der Waals surface area contributed by atoms with Crippen LogP contribution in [0.4, 0.5) is 5.00 Å². The van der Waals surface area contributed by atoms with Crippen LogP contribution in [0.2, 0.25) is 5.02 Å². The summed E-state index contributed by atoms with van der Waals surface area (Å²) in [5, 5.41) is 1.15. The van der Waals surface area contributed by atoms with Crippen LogP contribution in [-0.2, 0) is 6.42 Å². The van der Waals surface area contributed by atoms with E-state index in [-0.39, 0.29) is 5.78 Å². The third kappa shape index (κ3) is 2.28. The maximum absolute atomic E-state index is 12.5. The molecule has 0 atom stereocenters. The van der Waals surface area contributed by atoms with Crippen molar-refractivity contribution in [2.24, 2.45) is 0 Å². The Labute approximate surface area is 115 Å². The first-order chi connectivity index (χ1) is 8.54. The number of benzene rings is 1. The molecule has 4 heteroatoms. The van der Waals surface area contributed by atoms with Crippen LogP contribution >= 0.6 is 22.9 Å². The third-order valence-corrected chi connectivity index (χ3v) is 4.12. The minimum atomic E-state index is -0.0452. The zero-order chi connectivity index (χ0) is 13.3. The van der Waals surface area contributed by atoms with Crippen molar-refractivity contribution >= 4 is 33.7 Å². The van der Waals surface area contributed by atoms with Gasteiger partial charge in [0.05, 0.1) is 10.6 Å². The van der Waals surface area contributed by atoms with E-state index in [1.165, 1.54) is 11.3 Å². The number of carbonyl (C=O) groups is 1. The van der Waals surface area contributed by atoms with Crippen molar-refractivity contribution in [1.29, 1.82) is 0 Å². The maximum atomic E-state index is 12.5. The van der Waals surface area contributed by atoms with E-state index >= 15 is 0 Å². The highest BCUT2D eigenvalue weighted by molar-refractivity contribution is 7.16. The Balaban J connectivity index is 2.52. The van der Waals surface area contributed by atoms with Crippen LogP contribution in [0.5, 0.6) is 0 Å². The standard InChI is InChI=1S/C14H14ClNOS/c1-3-11-8(2)18-14(16)12(11)13(17)9-5-4-6-10(15)7-9/h4-7H,3,16H2,1-2H3. The molecule has 2 N–H and O–H groups in total. The molecule has 0 saturated heterocycles. The first-order valence-electron chi connectivity index (χ1n) is 5.72. The summed E-state index contributed by atoms with van der Waals surface area (Å²) >= 11 is 7.39. The molecular formula is C14H14ClNOS. The molecule has 0 spiro atoms. The lowest BCUT2D eigenvalue weighted by Gasteiger charge is -2.04. The van der Waals surface area contributed by atoms with Crippen LogP contribution < -0.4 is 5.73 Å². The van der Waals surface area contributed by atoms with Gasteiger partial charge in [-0.1, -0.05) is 30.7 Å². The number of carbonyl (C=O) groups excluding carboxylic acids is 1. The number of aryl methyl sites for hydroxylation is 1. The number of nitrogens with two attached hydrogens (primary N) is 1. The Morgan fingerprint density at radius 2 is 2.17 bits per heavy atom. The van der Waals surface area contributed by atoms with Gasteiger partial charge in [0.15, 0.2) is 5.78 Å². The van der Waals surface area contributed by atoms with Crippen LogP contribution in [0.15, 0.2) is 24.3 Å². The van der Waals surface area contributed by atoms with Gasteiger partial charge in [-0.2, -0.15) is 0 Å². The Morgan fingerprint density at radius 1 is 1.44 bits per heavy atom. The van der Waals surface area contributed by atoms with Crippen molar-refractivity contribution in [1.82, 2.24) is 0 Å². The Hall–Kier alpha value is -1.32. The molecule has 1 aromatic carbocycles. The van der Waals surface area contributed by atoms with Crippen LogP contribution in [0.1, 0.15) is 33.3 Å². The zero-order valence-electron chi connectivity index (χ0n) is 10.3. The summed E-state index contributed by atoms with van der Waals surface area (Å²) in [6, 6.07) is 6.97. The van der Waals surface area contributed by atoms with Crippen molar-refractivity contribution in [2.45, 2.75) is 20.3 Å². The number of hydrogen-bond acceptors (Lipinski definition) is 3. The molecule has 0 amide bonds. The lowest BCUT2D eigenvalue weighted by Crippen LogP contribution is -2.06. The molecule has 0 aliphatic carbocycles. The second-order valence-electron chi connectivity index (χ2n) is 4.07. The maximum Gasteiger partial charge on any atom is 0.196 e. The molecule has 1 heterocycles. The highest BCUT2D eigenvalue weighted by atomic mass is 35.5. The number of halogens is 1. The van der Waals surface area contributed by atoms with Crippen LogP contribution in [0.3, 0.4) is 0 Å². The molecule has 0 saturated carbocycles. The molecule has 2 aromatic rings. The lowest BCUT2D eigenvalue weighted by molar-refractivity contribution is 0.103. The SMILES string of the molecule is CCc1c(C)sc(N)c1C(=O)c1cccc(Cl)c1. The van der Waals surface area contributed by atoms with Crippen LogP contribution in [0, 0.1) is 6.92 Å². The number of anilines is 1. The van der Waals surface area contributed by atoms with Crippen molar-refractivity contribution in [3.05, 3.63) is 50.9 Å². The van der Waals surface area contributed by atoms with E-state index in [9.17, 15) is 4.79 Å². The van der Waals surface area contributed by atoms with E-state index in [1.54, 1.807) is 24.3 Å². The number of nitrogen functional groups attached to an aromatic ring is 1. The van der Waals surface area contributed by atoms with Crippen LogP contribution in [-0.4, -0.2) is 5.78 Å². The molecule has 94 valence electrons. The first-order valence-corrected chi connectivity index (χ1v) is 6.92. The predicted octanol–water partition coefficient (Wildman–Crippen LogP) is 4.09. The van der Waals surface area contributed by atoms with Gasteiger partial charge >= 0.3 is 0 Å². The summed E-state index contributed by atoms with van der Waals surface area (Å²) in [5.74, 6) is -0.0452. The van der Waals surface area contributed by atoms with Crippen molar-refractivity contribution in [3.63, 3.8) is 0 Å². The smallest absolute Gasteiger partial charge is 0.196 e. The molecule has 1 aromatic heterocycles. The molecule has 2 rings (SSSR count). The molecule has 0 radical (unpaired) electrons. The largest absolute Gasteiger partial charge is 0.390 e. The molecule has 0 unspecified atom stereocenters. The molecular weight excluding hydrogens is 266 g/mol. The number of rotatable bonds is 3. The van der Waals surface area contributed by atoms with Gasteiger partial charge in [0.2, 0.25) is 0 Å². The van der Waals surface area contributed by atoms with Crippen molar-refractivity contribution < 1.29 is 4.79 Å². The Morgan fingerprint density at radius 3 is 2.78 bits per heavy atom. The summed E-state index contributed by atoms with van der Waals surface area (Å²) in [5.41, 5.74) is 8.23. The summed E-state index contributed by atoms with van der Waals surface area (Å²) in [7, 11) is 0. The minimum absolute atomic E-state index is 0.0452. The average molecular weight is 280 g/mol. The van der Waals surface area contributed by atoms with E-state index in [2.05, 4.69) is 0 Å². The van der Waals surface area contributed by atoms with Crippen LogP contribution in [0.25, 0.3) is 0 Å². The van der Waals surface area contributed by atoms with Gasteiger partial charge in [-0.15, -0.1) is 11.3 Å². The average Bonchev–Trinajstić information content (AvgIpc) is 2.62. The van der Waals surface area contributed by atoms with Crippen molar-refractivity contribution in [3.8, 4) is 0 Å². The zero-order valence-corrected chi connectivity index (χ0v) is 11.9. The summed E-state index contributed by atoms with van der Waals surface area (Å²) in [6.45, 7) is 4.03. The lowest BCUT2D eigenvalue weighted by atomic mass is 9.99. The fourth-order valence-corrected chi connectivity index (χ4v) is 3.26. The highest BCUT2D eigenvalue weighted by Crippen LogP contribution is 2.32. The van der Waals surface area contributed by atoms with E-state index in [4.69, 9.17) is 17.3 Å². The molecule has 0 aliphatic rings. The van der Waals surface area contributed by atoms with Gasteiger partial charge in [-0.25, -0.2) is 0 Å². The minimum Gasteiger partial charge on any atom is -0.390 e. The van der Waals surface area contributed by atoms with Gasteiger partial charge in [0.1, 0.15) is 0 Å². The fraction of sp³-hybridized carbons (Fsp3) is 0.214. The second-order valence-corrected chi connectivity index (χ2v) is 5.76. The summed E-state index contributed by atoms with van der Waals surface area (Å²) in [6.07, 6.45) is 0.807. The molecule has 0 fully saturated rings. The Bertz CT molecular complexity index is 604. The molecule has 18 heavy (non-hydrogen) atoms. The summed E-state index contributed by atoms with van der Waals surface area (Å²) in [4.78, 5) is 13.6. The number of thiophene rings is 1. The molecule has 2 nitrogen and oxygen atoms in total. The topological polar surface area (TPSA) is 43.1 Å². The van der Waals surface area contributed by atoms with Gasteiger partial charge in [0, 0.05) is 15.5 Å². The van der Waals surface area contributed by atoms with Gasteiger partial charge < -0.3 is 5.73 Å². The van der Waals surface area contributed by atoms with Gasteiger partial charge in [-0.05, 0) is 31.0 Å². The highest BCUT2D eigenvalue weighted by Gasteiger charge is 2.20. The van der Waals surface area contributed by atoms with E-state index in [1.807, 2.05) is 13.8 Å². The Kier molecular flexibility index (Phi) is 3.73. The van der Waals surface area contributed by atoms with Gasteiger partial charge in [0.25, 0.3) is 0 Å². The second kappa shape index (κ2) is 5.12. The number of hydrogen-bond donors (Lipinski definition) is 1. The first kappa shape index (κ1) is 13.1. The normalized spacial score (nSPS) is 10.6. The van der Waals surface area contributed by atoms with E-state index < -0.39 is 0 Å². The van der Waals surface area contributed by atoms with E-state index in [0.29, 0.717) is 21.2 Å². The van der Waals surface area contributed by atoms with Crippen molar-refractivity contribution in [2.75, 3.05) is 5.73 Å². The molecule has 0 aliphatic heterocycles. The number of ketones is 1. The summed E-state index contributed by atoms with van der Waals surface area (Å²) < 4.78 is 0. The monoisotopic (exact) mass is 279 g/mol. The quantitative estimate of drug-likeness (QED) is 0.860. The predicted molar refractivity (Wildman–Crippen MR) is 77.7 cm³/mol. The molecule has 0 bridgehead atoms. The fourth-order valence-electron chi connectivity index (χ4n) is 2.05. The van der Waals surface area contributed by atoms with Gasteiger partial charge in [-0.3, -0.25) is 4.79 Å².